The molecule has 1 nitrogen and oxygen atoms in total. The van der Waals surface area contributed by atoms with Gasteiger partial charge in [-0.25, -0.2) is 0 Å². The molecule has 2 aliphatic carbocycles. The fourth-order valence-electron chi connectivity index (χ4n) is 5.30. The standard InChI is InChI=1S/C28H23N/c1-28(2)26-15-18(10-12-23(26)24-13-11-19(29)16-27(24)28)25-14-17-6-3-4-7-20(17)21-8-5-9-22(21)25/h3-8,10-16H,9,29H2,1-2H3. The van der Waals surface area contributed by atoms with E-state index in [-0.39, 0.29) is 5.41 Å². The Kier molecular flexibility index (Phi) is 3.21. The minimum absolute atomic E-state index is 0.0473. The Hall–Kier alpha value is -3.32. The third-order valence-corrected chi connectivity index (χ3v) is 6.82. The van der Waals surface area contributed by atoms with E-state index in [4.69, 9.17) is 5.73 Å². The molecule has 140 valence electrons. The largest absolute Gasteiger partial charge is 0.399 e. The maximum atomic E-state index is 6.12. The molecule has 6 rings (SSSR count). The van der Waals surface area contributed by atoms with E-state index in [2.05, 4.69) is 86.7 Å². The number of allylic oxidation sites excluding steroid dienone is 1. The van der Waals surface area contributed by atoms with E-state index < -0.39 is 0 Å². The number of benzene rings is 4. The van der Waals surface area contributed by atoms with Crippen LogP contribution >= 0.6 is 0 Å². The lowest BCUT2D eigenvalue weighted by Gasteiger charge is -2.22. The molecule has 0 saturated carbocycles. The minimum atomic E-state index is -0.0473. The molecule has 2 N–H and O–H groups in total. The van der Waals surface area contributed by atoms with E-state index in [9.17, 15) is 0 Å². The highest BCUT2D eigenvalue weighted by Crippen LogP contribution is 2.50. The van der Waals surface area contributed by atoms with Crippen molar-refractivity contribution in [2.45, 2.75) is 25.7 Å². The SMILES string of the molecule is CC1(C)c2cc(N)ccc2-c2ccc(-c3cc4ccccc4c4c3CC=C4)cc21. The first-order valence-corrected chi connectivity index (χ1v) is 10.3. The summed E-state index contributed by atoms with van der Waals surface area (Å²) in [4.78, 5) is 0. The quantitative estimate of drug-likeness (QED) is 0.358. The number of nitrogen functional groups attached to an aromatic ring is 1. The van der Waals surface area contributed by atoms with Gasteiger partial charge in [-0.15, -0.1) is 0 Å². The van der Waals surface area contributed by atoms with Gasteiger partial charge in [0.25, 0.3) is 0 Å². The smallest absolute Gasteiger partial charge is 0.0317 e. The van der Waals surface area contributed by atoms with Gasteiger partial charge >= 0.3 is 0 Å². The van der Waals surface area contributed by atoms with E-state index in [1.54, 1.807) is 0 Å². The second kappa shape index (κ2) is 5.61. The number of rotatable bonds is 1. The van der Waals surface area contributed by atoms with Crippen LogP contribution < -0.4 is 5.73 Å². The van der Waals surface area contributed by atoms with E-state index in [1.807, 2.05) is 6.07 Å². The molecular formula is C28H23N. The Morgan fingerprint density at radius 1 is 0.793 bits per heavy atom. The maximum absolute atomic E-state index is 6.12. The molecule has 4 aromatic rings. The molecule has 0 atom stereocenters. The average Bonchev–Trinajstić information content (AvgIpc) is 3.30. The highest BCUT2D eigenvalue weighted by atomic mass is 14.5. The third kappa shape index (κ3) is 2.22. The van der Waals surface area contributed by atoms with Gasteiger partial charge < -0.3 is 5.73 Å². The molecule has 0 spiro atoms. The lowest BCUT2D eigenvalue weighted by Crippen LogP contribution is -2.15. The summed E-state index contributed by atoms with van der Waals surface area (Å²) in [5, 5.41) is 2.66. The van der Waals surface area contributed by atoms with Crippen LogP contribution in [0.4, 0.5) is 5.69 Å². The van der Waals surface area contributed by atoms with Gasteiger partial charge in [-0.3, -0.25) is 0 Å². The van der Waals surface area contributed by atoms with Crippen molar-refractivity contribution in [3.8, 4) is 22.3 Å². The molecule has 0 saturated heterocycles. The fraction of sp³-hybridized carbons (Fsp3) is 0.143. The first-order chi connectivity index (χ1) is 14.0. The fourth-order valence-corrected chi connectivity index (χ4v) is 5.30. The predicted octanol–water partition coefficient (Wildman–Crippen LogP) is 6.96. The van der Waals surface area contributed by atoms with Crippen LogP contribution in [0, 0.1) is 0 Å². The number of fused-ring (bicyclic) bond motifs is 6. The van der Waals surface area contributed by atoms with Crippen molar-refractivity contribution in [1.82, 2.24) is 0 Å². The zero-order chi connectivity index (χ0) is 19.8. The van der Waals surface area contributed by atoms with Crippen molar-refractivity contribution in [3.05, 3.63) is 95.1 Å². The summed E-state index contributed by atoms with van der Waals surface area (Å²) in [5.74, 6) is 0. The molecule has 0 aliphatic heterocycles. The number of nitrogens with two attached hydrogens (primary N) is 1. The van der Waals surface area contributed by atoms with Crippen LogP contribution in [0.25, 0.3) is 39.1 Å². The van der Waals surface area contributed by atoms with Crippen LogP contribution in [0.2, 0.25) is 0 Å². The Bertz CT molecular complexity index is 1350. The third-order valence-electron chi connectivity index (χ3n) is 6.82. The first-order valence-electron chi connectivity index (χ1n) is 10.3. The molecule has 0 aromatic heterocycles. The molecule has 0 fully saturated rings. The molecule has 0 radical (unpaired) electrons. The molecule has 1 heteroatoms. The van der Waals surface area contributed by atoms with Crippen molar-refractivity contribution in [1.29, 1.82) is 0 Å². The van der Waals surface area contributed by atoms with E-state index >= 15 is 0 Å². The maximum Gasteiger partial charge on any atom is 0.0317 e. The molecule has 0 amide bonds. The monoisotopic (exact) mass is 373 g/mol. The lowest BCUT2D eigenvalue weighted by molar-refractivity contribution is 0.661. The van der Waals surface area contributed by atoms with Crippen LogP contribution in [0.1, 0.15) is 36.1 Å². The lowest BCUT2D eigenvalue weighted by atomic mass is 9.81. The van der Waals surface area contributed by atoms with Gasteiger partial charge in [0.05, 0.1) is 0 Å². The van der Waals surface area contributed by atoms with Crippen LogP contribution in [0.15, 0.2) is 72.8 Å². The topological polar surface area (TPSA) is 26.0 Å². The summed E-state index contributed by atoms with van der Waals surface area (Å²) >= 11 is 0. The van der Waals surface area contributed by atoms with Crippen LogP contribution in [0.5, 0.6) is 0 Å². The van der Waals surface area contributed by atoms with Gasteiger partial charge in [0.1, 0.15) is 0 Å². The second-order valence-electron chi connectivity index (χ2n) is 8.83. The number of hydrogen-bond acceptors (Lipinski definition) is 1. The highest BCUT2D eigenvalue weighted by molar-refractivity contribution is 5.98. The van der Waals surface area contributed by atoms with Crippen molar-refractivity contribution < 1.29 is 0 Å². The van der Waals surface area contributed by atoms with Crippen molar-refractivity contribution >= 4 is 22.5 Å². The van der Waals surface area contributed by atoms with Crippen LogP contribution in [-0.4, -0.2) is 0 Å². The summed E-state index contributed by atoms with van der Waals surface area (Å²) in [6.45, 7) is 4.63. The Morgan fingerprint density at radius 3 is 2.41 bits per heavy atom. The Morgan fingerprint density at radius 2 is 1.55 bits per heavy atom. The van der Waals surface area contributed by atoms with Crippen LogP contribution in [-0.2, 0) is 11.8 Å². The highest BCUT2D eigenvalue weighted by Gasteiger charge is 2.35. The van der Waals surface area contributed by atoms with Gasteiger partial charge in [-0.2, -0.15) is 0 Å². The molecule has 0 heterocycles. The van der Waals surface area contributed by atoms with Crippen LogP contribution in [0.3, 0.4) is 0 Å². The zero-order valence-corrected chi connectivity index (χ0v) is 16.8. The average molecular weight is 373 g/mol. The van der Waals surface area contributed by atoms with E-state index in [0.29, 0.717) is 0 Å². The van der Waals surface area contributed by atoms with Gasteiger partial charge in [-0.1, -0.05) is 68.5 Å². The van der Waals surface area contributed by atoms with Gasteiger partial charge in [0, 0.05) is 11.1 Å². The molecule has 4 aromatic carbocycles. The first kappa shape index (κ1) is 16.6. The Labute approximate surface area is 171 Å². The summed E-state index contributed by atoms with van der Waals surface area (Å²) in [5.41, 5.74) is 17.8. The summed E-state index contributed by atoms with van der Waals surface area (Å²) in [7, 11) is 0. The summed E-state index contributed by atoms with van der Waals surface area (Å²) in [6.07, 6.45) is 5.58. The molecule has 29 heavy (non-hydrogen) atoms. The van der Waals surface area contributed by atoms with Gasteiger partial charge in [-0.05, 0) is 86.0 Å². The predicted molar refractivity (Wildman–Crippen MR) is 124 cm³/mol. The Balaban J connectivity index is 1.59. The van der Waals surface area contributed by atoms with Crippen molar-refractivity contribution in [2.24, 2.45) is 0 Å². The molecule has 0 unspecified atom stereocenters. The zero-order valence-electron chi connectivity index (χ0n) is 16.8. The number of hydrogen-bond donors (Lipinski definition) is 1. The number of anilines is 1. The van der Waals surface area contributed by atoms with Gasteiger partial charge in [0.15, 0.2) is 0 Å². The normalized spacial score (nSPS) is 15.4. The molecule has 0 bridgehead atoms. The summed E-state index contributed by atoms with van der Waals surface area (Å²) < 4.78 is 0. The van der Waals surface area contributed by atoms with E-state index in [0.717, 1.165) is 12.1 Å². The summed E-state index contributed by atoms with van der Waals surface area (Å²) in [6, 6.07) is 24.4. The van der Waals surface area contributed by atoms with Gasteiger partial charge in [0.2, 0.25) is 0 Å². The second-order valence-corrected chi connectivity index (χ2v) is 8.83. The molecular weight excluding hydrogens is 350 g/mol. The minimum Gasteiger partial charge on any atom is -0.399 e. The van der Waals surface area contributed by atoms with E-state index in [1.165, 1.54) is 55.3 Å². The molecule has 2 aliphatic rings. The van der Waals surface area contributed by atoms with Crippen molar-refractivity contribution in [3.63, 3.8) is 0 Å². The van der Waals surface area contributed by atoms with Crippen molar-refractivity contribution in [2.75, 3.05) is 5.73 Å².